The molecule has 0 unspecified atom stereocenters. The summed E-state index contributed by atoms with van der Waals surface area (Å²) in [6, 6.07) is 10.8. The first kappa shape index (κ1) is 17.4. The molecule has 0 aliphatic carbocycles. The molecular formula is C17H14F2O5. The Bertz CT molecular complexity index is 728. The molecule has 1 atom stereocenters. The van der Waals surface area contributed by atoms with Crippen molar-refractivity contribution in [2.45, 2.75) is 19.6 Å². The monoisotopic (exact) mass is 336 g/mol. The summed E-state index contributed by atoms with van der Waals surface area (Å²) in [4.78, 5) is 24.2. The highest BCUT2D eigenvalue weighted by Gasteiger charge is 2.22. The number of halogens is 2. The summed E-state index contributed by atoms with van der Waals surface area (Å²) >= 11 is 0. The molecule has 0 heterocycles. The second kappa shape index (κ2) is 7.54. The number of ketones is 1. The molecule has 0 aliphatic heterocycles. The lowest BCUT2D eigenvalue weighted by Crippen LogP contribution is -2.24. The van der Waals surface area contributed by atoms with Gasteiger partial charge in [0.05, 0.1) is 0 Å². The molecule has 0 saturated carbocycles. The van der Waals surface area contributed by atoms with Crippen molar-refractivity contribution >= 4 is 11.8 Å². The number of phenols is 1. The number of alkyl halides is 2. The van der Waals surface area contributed by atoms with Gasteiger partial charge in [-0.2, -0.15) is 8.78 Å². The second-order valence-electron chi connectivity index (χ2n) is 4.83. The number of ether oxygens (including phenoxy) is 2. The van der Waals surface area contributed by atoms with E-state index in [0.29, 0.717) is 0 Å². The van der Waals surface area contributed by atoms with Gasteiger partial charge in [-0.15, -0.1) is 0 Å². The van der Waals surface area contributed by atoms with E-state index in [-0.39, 0.29) is 22.6 Å². The Morgan fingerprint density at radius 1 is 1.04 bits per heavy atom. The van der Waals surface area contributed by atoms with Crippen LogP contribution in [0.2, 0.25) is 0 Å². The zero-order valence-electron chi connectivity index (χ0n) is 12.6. The summed E-state index contributed by atoms with van der Waals surface area (Å²) in [5.41, 5.74) is 0.118. The maximum Gasteiger partial charge on any atom is 0.387 e. The average Bonchev–Trinajstić information content (AvgIpc) is 2.54. The standard InChI is InChI=1S/C17H14F2O5/c1-10(23-16(22)13-4-2-3-5-14(13)20)15(21)11-6-8-12(9-7-11)24-17(18)19/h2-10,17,20H,1H3/t10-/m1/s1. The molecule has 0 saturated heterocycles. The van der Waals surface area contributed by atoms with Gasteiger partial charge in [-0.1, -0.05) is 12.1 Å². The normalized spacial score (nSPS) is 11.8. The lowest BCUT2D eigenvalue weighted by atomic mass is 10.1. The summed E-state index contributed by atoms with van der Waals surface area (Å²) < 4.78 is 33.4. The fraction of sp³-hybridized carbons (Fsp3) is 0.176. The molecule has 2 aromatic carbocycles. The van der Waals surface area contributed by atoms with E-state index in [9.17, 15) is 23.5 Å². The van der Waals surface area contributed by atoms with Crippen LogP contribution in [0, 0.1) is 0 Å². The number of carbonyl (C=O) groups is 2. The van der Waals surface area contributed by atoms with Gasteiger partial charge in [0.25, 0.3) is 0 Å². The van der Waals surface area contributed by atoms with Crippen molar-refractivity contribution in [3.63, 3.8) is 0 Å². The highest BCUT2D eigenvalue weighted by molar-refractivity contribution is 6.01. The van der Waals surface area contributed by atoms with Crippen LogP contribution in [0.5, 0.6) is 11.5 Å². The quantitative estimate of drug-likeness (QED) is 0.646. The van der Waals surface area contributed by atoms with Gasteiger partial charge in [0.2, 0.25) is 5.78 Å². The van der Waals surface area contributed by atoms with Crippen LogP contribution >= 0.6 is 0 Å². The number of rotatable bonds is 6. The number of para-hydroxylation sites is 1. The molecular weight excluding hydrogens is 322 g/mol. The van der Waals surface area contributed by atoms with Crippen molar-refractivity contribution in [2.75, 3.05) is 0 Å². The topological polar surface area (TPSA) is 72.8 Å². The summed E-state index contributed by atoms with van der Waals surface area (Å²) in [6.45, 7) is -1.57. The third-order valence-electron chi connectivity index (χ3n) is 3.14. The molecule has 7 heteroatoms. The molecule has 1 N–H and O–H groups in total. The minimum atomic E-state index is -2.95. The van der Waals surface area contributed by atoms with Gasteiger partial charge < -0.3 is 14.6 Å². The van der Waals surface area contributed by atoms with E-state index in [1.54, 1.807) is 12.1 Å². The summed E-state index contributed by atoms with van der Waals surface area (Å²) in [6.07, 6.45) is -1.11. The van der Waals surface area contributed by atoms with E-state index < -0.39 is 24.5 Å². The molecule has 0 radical (unpaired) electrons. The Morgan fingerprint density at radius 2 is 1.67 bits per heavy atom. The third-order valence-corrected chi connectivity index (χ3v) is 3.14. The molecule has 24 heavy (non-hydrogen) atoms. The van der Waals surface area contributed by atoms with Gasteiger partial charge in [-0.05, 0) is 43.3 Å². The first-order valence-electron chi connectivity index (χ1n) is 6.96. The zero-order chi connectivity index (χ0) is 17.7. The van der Waals surface area contributed by atoms with E-state index in [0.717, 1.165) is 0 Å². The predicted octanol–water partition coefficient (Wildman–Crippen LogP) is 3.42. The average molecular weight is 336 g/mol. The Balaban J connectivity index is 2.04. The number of phenolic OH excluding ortho intramolecular Hbond substituents is 1. The lowest BCUT2D eigenvalue weighted by molar-refractivity contribution is -0.0498. The van der Waals surface area contributed by atoms with Crippen LogP contribution in [0.4, 0.5) is 8.78 Å². The number of hydrogen-bond donors (Lipinski definition) is 1. The lowest BCUT2D eigenvalue weighted by Gasteiger charge is -2.13. The Morgan fingerprint density at radius 3 is 2.25 bits per heavy atom. The van der Waals surface area contributed by atoms with E-state index in [2.05, 4.69) is 4.74 Å². The first-order chi connectivity index (χ1) is 11.4. The maximum atomic E-state index is 12.2. The first-order valence-corrected chi connectivity index (χ1v) is 6.96. The molecule has 5 nitrogen and oxygen atoms in total. The Hall–Kier alpha value is -2.96. The third kappa shape index (κ3) is 4.28. The molecule has 2 rings (SSSR count). The van der Waals surface area contributed by atoms with Crippen molar-refractivity contribution < 1.29 is 33.0 Å². The molecule has 0 spiro atoms. The number of esters is 1. The van der Waals surface area contributed by atoms with Gasteiger partial charge in [-0.3, -0.25) is 4.79 Å². The van der Waals surface area contributed by atoms with Gasteiger partial charge in [0.15, 0.2) is 6.10 Å². The maximum absolute atomic E-state index is 12.2. The number of Topliss-reactive ketones (excluding diaryl/α,β-unsaturated/α-hetero) is 1. The van der Waals surface area contributed by atoms with Crippen LogP contribution in [0.3, 0.4) is 0 Å². The van der Waals surface area contributed by atoms with Crippen molar-refractivity contribution in [1.29, 1.82) is 0 Å². The van der Waals surface area contributed by atoms with Crippen molar-refractivity contribution in [3.8, 4) is 11.5 Å². The number of benzene rings is 2. The molecule has 126 valence electrons. The van der Waals surface area contributed by atoms with Crippen molar-refractivity contribution in [2.24, 2.45) is 0 Å². The number of hydrogen-bond acceptors (Lipinski definition) is 5. The van der Waals surface area contributed by atoms with Crippen molar-refractivity contribution in [3.05, 3.63) is 59.7 Å². The van der Waals surface area contributed by atoms with Crippen LogP contribution < -0.4 is 4.74 Å². The molecule has 0 fully saturated rings. The highest BCUT2D eigenvalue weighted by atomic mass is 19.3. The number of carbonyl (C=O) groups excluding carboxylic acids is 2. The summed E-state index contributed by atoms with van der Waals surface area (Å²) in [5.74, 6) is -1.69. The largest absolute Gasteiger partial charge is 0.507 e. The molecule has 0 aliphatic rings. The van der Waals surface area contributed by atoms with Crippen LogP contribution in [0.15, 0.2) is 48.5 Å². The van der Waals surface area contributed by atoms with Crippen LogP contribution in [0.25, 0.3) is 0 Å². The van der Waals surface area contributed by atoms with Gasteiger partial charge >= 0.3 is 12.6 Å². The van der Waals surface area contributed by atoms with Crippen LogP contribution in [-0.2, 0) is 4.74 Å². The molecule has 0 aromatic heterocycles. The SMILES string of the molecule is C[C@@H](OC(=O)c1ccccc1O)C(=O)c1ccc(OC(F)F)cc1. The summed E-state index contributed by atoms with van der Waals surface area (Å²) in [7, 11) is 0. The van der Waals surface area contributed by atoms with E-state index >= 15 is 0 Å². The highest BCUT2D eigenvalue weighted by Crippen LogP contribution is 2.19. The van der Waals surface area contributed by atoms with Gasteiger partial charge in [0.1, 0.15) is 17.1 Å². The zero-order valence-corrected chi connectivity index (χ0v) is 12.6. The van der Waals surface area contributed by atoms with Gasteiger partial charge in [0, 0.05) is 5.56 Å². The van der Waals surface area contributed by atoms with E-state index in [1.807, 2.05) is 0 Å². The number of aromatic hydroxyl groups is 1. The molecule has 0 bridgehead atoms. The van der Waals surface area contributed by atoms with Gasteiger partial charge in [-0.25, -0.2) is 4.79 Å². The summed E-state index contributed by atoms with van der Waals surface area (Å²) in [5, 5.41) is 9.59. The van der Waals surface area contributed by atoms with Crippen molar-refractivity contribution in [1.82, 2.24) is 0 Å². The van der Waals surface area contributed by atoms with E-state index in [1.165, 1.54) is 43.3 Å². The predicted molar refractivity (Wildman–Crippen MR) is 80.4 cm³/mol. The second-order valence-corrected chi connectivity index (χ2v) is 4.83. The minimum absolute atomic E-state index is 0.0576. The van der Waals surface area contributed by atoms with Crippen LogP contribution in [-0.4, -0.2) is 29.6 Å². The van der Waals surface area contributed by atoms with Crippen LogP contribution in [0.1, 0.15) is 27.6 Å². The molecule has 0 amide bonds. The smallest absolute Gasteiger partial charge is 0.387 e. The minimum Gasteiger partial charge on any atom is -0.507 e. The van der Waals surface area contributed by atoms with E-state index in [4.69, 9.17) is 4.74 Å². The Labute approximate surface area is 136 Å². The molecule has 2 aromatic rings. The Kier molecular flexibility index (Phi) is 5.47. The fourth-order valence-corrected chi connectivity index (χ4v) is 1.96. The fourth-order valence-electron chi connectivity index (χ4n) is 1.96.